The summed E-state index contributed by atoms with van der Waals surface area (Å²) in [6.45, 7) is 6.21. The minimum Gasteiger partial charge on any atom is -0.399 e. The fourth-order valence-corrected chi connectivity index (χ4v) is 2.78. The minimum atomic E-state index is 0.137. The number of nitrogens with two attached hydrogens (primary N) is 1. The van der Waals surface area contributed by atoms with Gasteiger partial charge >= 0.3 is 0 Å². The van der Waals surface area contributed by atoms with Crippen molar-refractivity contribution in [2.24, 2.45) is 0 Å². The molecule has 0 saturated carbocycles. The van der Waals surface area contributed by atoms with Crippen LogP contribution in [0.1, 0.15) is 49.0 Å². The van der Waals surface area contributed by atoms with Gasteiger partial charge in [-0.3, -0.25) is 4.79 Å². The van der Waals surface area contributed by atoms with Crippen molar-refractivity contribution in [2.75, 3.05) is 5.73 Å². The van der Waals surface area contributed by atoms with Crippen molar-refractivity contribution in [3.8, 4) is 0 Å². The molecular weight excluding hydrogens is 224 g/mol. The number of anilines is 1. The van der Waals surface area contributed by atoms with Crippen molar-refractivity contribution in [2.45, 2.75) is 52.1 Å². The average molecular weight is 246 g/mol. The van der Waals surface area contributed by atoms with Gasteiger partial charge < -0.3 is 10.6 Å². The van der Waals surface area contributed by atoms with Crippen LogP contribution in [0.15, 0.2) is 18.2 Å². The Balaban J connectivity index is 2.26. The van der Waals surface area contributed by atoms with Crippen molar-refractivity contribution in [1.29, 1.82) is 0 Å². The van der Waals surface area contributed by atoms with Gasteiger partial charge in [-0.2, -0.15) is 0 Å². The highest BCUT2D eigenvalue weighted by Gasteiger charge is 2.29. The molecule has 0 radical (unpaired) electrons. The molecule has 1 aliphatic rings. The highest BCUT2D eigenvalue weighted by Crippen LogP contribution is 2.25. The Labute approximate surface area is 109 Å². The Bertz CT molecular complexity index is 446. The van der Waals surface area contributed by atoms with Crippen LogP contribution in [0.5, 0.6) is 0 Å². The highest BCUT2D eigenvalue weighted by molar-refractivity contribution is 5.95. The predicted molar refractivity (Wildman–Crippen MR) is 74.5 cm³/mol. The van der Waals surface area contributed by atoms with E-state index in [1.807, 2.05) is 30.0 Å². The molecule has 0 aliphatic carbocycles. The largest absolute Gasteiger partial charge is 0.399 e. The summed E-state index contributed by atoms with van der Waals surface area (Å²) in [5.41, 5.74) is 8.26. The Morgan fingerprint density at radius 3 is 2.44 bits per heavy atom. The lowest BCUT2D eigenvalue weighted by atomic mass is 9.96. The maximum atomic E-state index is 12.6. The molecule has 3 heteroatoms. The zero-order valence-electron chi connectivity index (χ0n) is 11.4. The number of benzene rings is 1. The SMILES string of the molecule is Cc1cc(C(=O)N2[C@@H](C)CCC[C@@H]2C)ccc1N. The third kappa shape index (κ3) is 2.35. The smallest absolute Gasteiger partial charge is 0.254 e. The number of nitrogens with zero attached hydrogens (tertiary/aromatic N) is 1. The summed E-state index contributed by atoms with van der Waals surface area (Å²) in [6.07, 6.45) is 3.42. The van der Waals surface area contributed by atoms with Crippen LogP contribution in [0.4, 0.5) is 5.69 Å². The molecule has 0 spiro atoms. The molecule has 1 saturated heterocycles. The average Bonchev–Trinajstić information content (AvgIpc) is 2.32. The van der Waals surface area contributed by atoms with E-state index < -0.39 is 0 Å². The number of piperidine rings is 1. The van der Waals surface area contributed by atoms with E-state index in [-0.39, 0.29) is 5.91 Å². The van der Waals surface area contributed by atoms with Gasteiger partial charge in [0.05, 0.1) is 0 Å². The first-order chi connectivity index (χ1) is 8.50. The van der Waals surface area contributed by atoms with Gasteiger partial charge in [0, 0.05) is 23.3 Å². The quantitative estimate of drug-likeness (QED) is 0.774. The monoisotopic (exact) mass is 246 g/mol. The Kier molecular flexibility index (Phi) is 3.60. The number of carbonyl (C=O) groups is 1. The van der Waals surface area contributed by atoms with Crippen LogP contribution < -0.4 is 5.73 Å². The number of rotatable bonds is 1. The maximum absolute atomic E-state index is 12.6. The summed E-state index contributed by atoms with van der Waals surface area (Å²) in [7, 11) is 0. The molecule has 18 heavy (non-hydrogen) atoms. The summed E-state index contributed by atoms with van der Waals surface area (Å²) in [5, 5.41) is 0. The van der Waals surface area contributed by atoms with E-state index in [0.29, 0.717) is 12.1 Å². The van der Waals surface area contributed by atoms with E-state index in [9.17, 15) is 4.79 Å². The van der Waals surface area contributed by atoms with Crippen molar-refractivity contribution < 1.29 is 4.79 Å². The molecule has 1 heterocycles. The van der Waals surface area contributed by atoms with E-state index in [2.05, 4.69) is 13.8 Å². The first-order valence-electron chi connectivity index (χ1n) is 6.69. The molecule has 98 valence electrons. The van der Waals surface area contributed by atoms with Gasteiger partial charge in [-0.1, -0.05) is 0 Å². The van der Waals surface area contributed by atoms with Crippen molar-refractivity contribution in [1.82, 2.24) is 4.90 Å². The number of likely N-dealkylation sites (tertiary alicyclic amines) is 1. The molecule has 0 unspecified atom stereocenters. The summed E-state index contributed by atoms with van der Waals surface area (Å²) >= 11 is 0. The number of hydrogen-bond donors (Lipinski definition) is 1. The van der Waals surface area contributed by atoms with Crippen molar-refractivity contribution in [3.63, 3.8) is 0 Å². The number of carbonyl (C=O) groups excluding carboxylic acids is 1. The molecular formula is C15H22N2O. The fourth-order valence-electron chi connectivity index (χ4n) is 2.78. The lowest BCUT2D eigenvalue weighted by molar-refractivity contribution is 0.0510. The van der Waals surface area contributed by atoms with Crippen molar-refractivity contribution in [3.05, 3.63) is 29.3 Å². The van der Waals surface area contributed by atoms with Gasteiger partial charge in [0.15, 0.2) is 0 Å². The van der Waals surface area contributed by atoms with Gasteiger partial charge in [0.1, 0.15) is 0 Å². The third-order valence-corrected chi connectivity index (χ3v) is 3.94. The van der Waals surface area contributed by atoms with Gasteiger partial charge in [-0.15, -0.1) is 0 Å². The molecule has 0 aromatic heterocycles. The molecule has 2 rings (SSSR count). The maximum Gasteiger partial charge on any atom is 0.254 e. The van der Waals surface area contributed by atoms with Crippen LogP contribution in [0.2, 0.25) is 0 Å². The predicted octanol–water partition coefficient (Wildman–Crippen LogP) is 2.98. The normalized spacial score (nSPS) is 24.1. The molecule has 2 atom stereocenters. The number of hydrogen-bond acceptors (Lipinski definition) is 2. The van der Waals surface area contributed by atoms with Crippen LogP contribution >= 0.6 is 0 Å². The zero-order valence-corrected chi connectivity index (χ0v) is 11.4. The van der Waals surface area contributed by atoms with E-state index in [0.717, 1.165) is 29.7 Å². The van der Waals surface area contributed by atoms with Crippen LogP contribution in [0.3, 0.4) is 0 Å². The molecule has 1 aromatic rings. The molecule has 1 aromatic carbocycles. The second-order valence-corrected chi connectivity index (χ2v) is 5.41. The summed E-state index contributed by atoms with van der Waals surface area (Å²) in [6, 6.07) is 6.21. The van der Waals surface area contributed by atoms with Crippen LogP contribution in [-0.2, 0) is 0 Å². The Hall–Kier alpha value is -1.51. The van der Waals surface area contributed by atoms with Crippen molar-refractivity contribution >= 4 is 11.6 Å². The second kappa shape index (κ2) is 5.01. The first-order valence-corrected chi connectivity index (χ1v) is 6.69. The van der Waals surface area contributed by atoms with E-state index >= 15 is 0 Å². The summed E-state index contributed by atoms with van der Waals surface area (Å²) < 4.78 is 0. The summed E-state index contributed by atoms with van der Waals surface area (Å²) in [4.78, 5) is 14.6. The molecule has 1 amide bonds. The van der Waals surface area contributed by atoms with E-state index in [4.69, 9.17) is 5.73 Å². The molecule has 3 nitrogen and oxygen atoms in total. The number of nitrogen functional groups attached to an aromatic ring is 1. The third-order valence-electron chi connectivity index (χ3n) is 3.94. The molecule has 1 fully saturated rings. The zero-order chi connectivity index (χ0) is 13.3. The highest BCUT2D eigenvalue weighted by atomic mass is 16.2. The topological polar surface area (TPSA) is 46.3 Å². The second-order valence-electron chi connectivity index (χ2n) is 5.41. The first kappa shape index (κ1) is 12.9. The molecule has 0 bridgehead atoms. The van der Waals surface area contributed by atoms with Gasteiger partial charge in [0.2, 0.25) is 0 Å². The lowest BCUT2D eigenvalue weighted by Gasteiger charge is -2.39. The van der Waals surface area contributed by atoms with Crippen LogP contribution in [-0.4, -0.2) is 22.9 Å². The molecule has 1 aliphatic heterocycles. The number of aryl methyl sites for hydroxylation is 1. The Morgan fingerprint density at radius 1 is 1.28 bits per heavy atom. The van der Waals surface area contributed by atoms with E-state index in [1.165, 1.54) is 6.42 Å². The fraction of sp³-hybridized carbons (Fsp3) is 0.533. The summed E-state index contributed by atoms with van der Waals surface area (Å²) in [5.74, 6) is 0.137. The van der Waals surface area contributed by atoms with Crippen LogP contribution in [0, 0.1) is 6.92 Å². The minimum absolute atomic E-state index is 0.137. The standard InChI is InChI=1S/C15H22N2O/c1-10-9-13(7-8-14(10)16)15(18)17-11(2)5-4-6-12(17)3/h7-9,11-12H,4-6,16H2,1-3H3/t11-,12-/m0/s1. The van der Waals surface area contributed by atoms with Gasteiger partial charge in [-0.05, 0) is 63.8 Å². The van der Waals surface area contributed by atoms with Gasteiger partial charge in [0.25, 0.3) is 5.91 Å². The Morgan fingerprint density at radius 2 is 1.89 bits per heavy atom. The lowest BCUT2D eigenvalue weighted by Crippen LogP contribution is -2.47. The van der Waals surface area contributed by atoms with Gasteiger partial charge in [-0.25, -0.2) is 0 Å². The van der Waals surface area contributed by atoms with E-state index in [1.54, 1.807) is 0 Å². The molecule has 2 N–H and O–H groups in total. The number of amides is 1. The van der Waals surface area contributed by atoms with Crippen LogP contribution in [0.25, 0.3) is 0 Å².